The highest BCUT2D eigenvalue weighted by Crippen LogP contribution is 2.18. The smallest absolute Gasteiger partial charge is 0.311 e. The van der Waals surface area contributed by atoms with Gasteiger partial charge in [-0.3, -0.25) is 34.4 Å². The highest BCUT2D eigenvalue weighted by atomic mass is 16.5. The second-order valence-electron chi connectivity index (χ2n) is 7.51. The molecule has 1 fully saturated rings. The van der Waals surface area contributed by atoms with E-state index in [0.29, 0.717) is 16.8 Å². The molecule has 3 rings (SSSR count). The summed E-state index contributed by atoms with van der Waals surface area (Å²) in [6.07, 6.45) is -0.124. The minimum atomic E-state index is -0.789. The lowest BCUT2D eigenvalue weighted by molar-refractivity contribution is -0.151. The average Bonchev–Trinajstić information content (AvgIpc) is 3.12. The number of anilines is 1. The van der Waals surface area contributed by atoms with Crippen molar-refractivity contribution in [3.05, 3.63) is 65.2 Å². The van der Waals surface area contributed by atoms with Crippen molar-refractivity contribution in [2.24, 2.45) is 5.92 Å². The molecule has 0 aromatic heterocycles. The molecular weight excluding hydrogens is 414 g/mol. The van der Waals surface area contributed by atoms with Gasteiger partial charge in [0.25, 0.3) is 11.8 Å². The van der Waals surface area contributed by atoms with Crippen molar-refractivity contribution < 1.29 is 28.7 Å². The Balaban J connectivity index is 1.47. The minimum absolute atomic E-state index is 0.0383. The second-order valence-corrected chi connectivity index (χ2v) is 7.51. The number of carbonyl (C=O) groups is 5. The van der Waals surface area contributed by atoms with Gasteiger partial charge in [0.1, 0.15) is 0 Å². The zero-order chi connectivity index (χ0) is 23.3. The fourth-order valence-electron chi connectivity index (χ4n) is 3.19. The lowest BCUT2D eigenvalue weighted by atomic mass is 10.1. The Morgan fingerprint density at radius 3 is 2.44 bits per heavy atom. The van der Waals surface area contributed by atoms with Crippen LogP contribution in [0.25, 0.3) is 0 Å². The first-order valence-corrected chi connectivity index (χ1v) is 9.98. The van der Waals surface area contributed by atoms with E-state index in [9.17, 15) is 24.0 Å². The maximum atomic E-state index is 12.3. The first-order chi connectivity index (χ1) is 15.2. The van der Waals surface area contributed by atoms with Gasteiger partial charge in [-0.15, -0.1) is 0 Å². The van der Waals surface area contributed by atoms with Gasteiger partial charge < -0.3 is 10.1 Å². The monoisotopic (exact) mass is 437 g/mol. The number of aryl methyl sites for hydroxylation is 1. The Kier molecular flexibility index (Phi) is 6.99. The molecule has 2 N–H and O–H groups in total. The molecule has 0 unspecified atom stereocenters. The number of hydrogen-bond acceptors (Lipinski definition) is 6. The van der Waals surface area contributed by atoms with Crippen molar-refractivity contribution in [3.63, 3.8) is 0 Å². The summed E-state index contributed by atoms with van der Waals surface area (Å²) in [7, 11) is 0. The lowest BCUT2D eigenvalue weighted by Gasteiger charge is -2.17. The number of rotatable bonds is 7. The minimum Gasteiger partial charge on any atom is -0.455 e. The normalized spacial score (nSPS) is 15.2. The van der Waals surface area contributed by atoms with E-state index in [1.807, 2.05) is 13.0 Å². The van der Waals surface area contributed by atoms with E-state index in [4.69, 9.17) is 4.74 Å². The number of hydrogen-bond donors (Lipinski definition) is 2. The second kappa shape index (κ2) is 9.86. The molecule has 0 aliphatic carbocycles. The molecule has 1 saturated heterocycles. The van der Waals surface area contributed by atoms with Crippen LogP contribution in [0.5, 0.6) is 0 Å². The molecule has 9 heteroatoms. The van der Waals surface area contributed by atoms with Crippen LogP contribution in [0.4, 0.5) is 5.69 Å². The highest BCUT2D eigenvalue weighted by Gasteiger charge is 2.36. The van der Waals surface area contributed by atoms with Gasteiger partial charge in [-0.25, -0.2) is 0 Å². The molecular formula is C23H23N3O6. The fourth-order valence-corrected chi connectivity index (χ4v) is 3.19. The van der Waals surface area contributed by atoms with Crippen molar-refractivity contribution in [1.29, 1.82) is 0 Å². The van der Waals surface area contributed by atoms with Gasteiger partial charge in [0.2, 0.25) is 5.91 Å². The zero-order valence-electron chi connectivity index (χ0n) is 17.7. The van der Waals surface area contributed by atoms with E-state index in [0.717, 1.165) is 10.6 Å². The van der Waals surface area contributed by atoms with Crippen LogP contribution in [0.15, 0.2) is 48.5 Å². The molecule has 1 aliphatic heterocycles. The molecule has 0 spiro atoms. The number of Topliss-reactive ketones (excluding diaryl/α,β-unsaturated/α-hetero) is 1. The van der Waals surface area contributed by atoms with E-state index in [1.165, 1.54) is 6.92 Å². The number of carbonyl (C=O) groups excluding carboxylic acids is 5. The zero-order valence-corrected chi connectivity index (χ0v) is 17.7. The molecule has 0 saturated carbocycles. The Hall–Kier alpha value is -4.01. The summed E-state index contributed by atoms with van der Waals surface area (Å²) in [6.45, 7) is 2.73. The predicted molar refractivity (Wildman–Crippen MR) is 115 cm³/mol. The molecule has 9 nitrogen and oxygen atoms in total. The van der Waals surface area contributed by atoms with E-state index in [1.54, 1.807) is 42.5 Å². The summed E-state index contributed by atoms with van der Waals surface area (Å²) >= 11 is 0. The standard InChI is InChI=1S/C23H23N3O6/c1-14-4-3-5-17(10-14)22(30)25-26-12-18(11-21(26)29)23(31)32-13-20(28)24-19-8-6-16(7-9-19)15(2)27/h3-10,18H,11-13H2,1-2H3,(H,24,28)(H,25,30)/t18-/m1/s1. The summed E-state index contributed by atoms with van der Waals surface area (Å²) < 4.78 is 5.03. The number of amides is 3. The summed E-state index contributed by atoms with van der Waals surface area (Å²) in [5, 5.41) is 3.65. The average molecular weight is 437 g/mol. The third kappa shape index (κ3) is 5.78. The number of nitrogens with one attached hydrogen (secondary N) is 2. The summed E-state index contributed by atoms with van der Waals surface area (Å²) in [4.78, 5) is 60.1. The number of benzene rings is 2. The third-order valence-corrected chi connectivity index (χ3v) is 4.90. The first-order valence-electron chi connectivity index (χ1n) is 9.98. The van der Waals surface area contributed by atoms with Crippen LogP contribution in [-0.4, -0.2) is 47.6 Å². The van der Waals surface area contributed by atoms with E-state index >= 15 is 0 Å². The molecule has 2 aromatic rings. The maximum absolute atomic E-state index is 12.3. The SMILES string of the molecule is CC(=O)c1ccc(NC(=O)COC(=O)[C@@H]2CC(=O)N(NC(=O)c3cccc(C)c3)C2)cc1. The molecule has 32 heavy (non-hydrogen) atoms. The van der Waals surface area contributed by atoms with E-state index < -0.39 is 36.2 Å². The Morgan fingerprint density at radius 1 is 1.06 bits per heavy atom. The van der Waals surface area contributed by atoms with Gasteiger partial charge in [-0.2, -0.15) is 0 Å². The van der Waals surface area contributed by atoms with Crippen LogP contribution in [0, 0.1) is 12.8 Å². The quantitative estimate of drug-likeness (QED) is 0.504. The number of ketones is 1. The third-order valence-electron chi connectivity index (χ3n) is 4.90. The maximum Gasteiger partial charge on any atom is 0.311 e. The topological polar surface area (TPSA) is 122 Å². The van der Waals surface area contributed by atoms with Crippen molar-refractivity contribution in [1.82, 2.24) is 10.4 Å². The van der Waals surface area contributed by atoms with Crippen LogP contribution in [0.3, 0.4) is 0 Å². The van der Waals surface area contributed by atoms with Gasteiger partial charge in [-0.1, -0.05) is 17.7 Å². The van der Waals surface area contributed by atoms with Crippen molar-refractivity contribution in [2.75, 3.05) is 18.5 Å². The molecule has 166 valence electrons. The van der Waals surface area contributed by atoms with E-state index in [2.05, 4.69) is 10.7 Å². The molecule has 1 atom stereocenters. The predicted octanol–water partition coefficient (Wildman–Crippen LogP) is 1.87. The number of hydrazine groups is 1. The van der Waals surface area contributed by atoms with Gasteiger partial charge in [0.15, 0.2) is 12.4 Å². The van der Waals surface area contributed by atoms with Gasteiger partial charge in [-0.05, 0) is 50.2 Å². The van der Waals surface area contributed by atoms with Crippen molar-refractivity contribution in [2.45, 2.75) is 20.3 Å². The van der Waals surface area contributed by atoms with E-state index in [-0.39, 0.29) is 18.7 Å². The lowest BCUT2D eigenvalue weighted by Crippen LogP contribution is -2.43. The molecule has 1 aliphatic rings. The fraction of sp³-hybridized carbons (Fsp3) is 0.261. The number of esters is 1. The Bertz CT molecular complexity index is 1060. The first kappa shape index (κ1) is 22.7. The van der Waals surface area contributed by atoms with Crippen LogP contribution >= 0.6 is 0 Å². The van der Waals surface area contributed by atoms with Crippen LogP contribution in [0.1, 0.15) is 39.6 Å². The van der Waals surface area contributed by atoms with Crippen LogP contribution in [-0.2, 0) is 19.1 Å². The van der Waals surface area contributed by atoms with Gasteiger partial charge in [0.05, 0.1) is 12.5 Å². The summed E-state index contributed by atoms with van der Waals surface area (Å²) in [5.74, 6) is -3.00. The molecule has 0 radical (unpaired) electrons. The molecule has 3 amide bonds. The number of nitrogens with zero attached hydrogens (tertiary/aromatic N) is 1. The highest BCUT2D eigenvalue weighted by molar-refractivity contribution is 5.97. The Morgan fingerprint density at radius 2 is 1.78 bits per heavy atom. The Labute approximate surface area is 184 Å². The largest absolute Gasteiger partial charge is 0.455 e. The molecule has 2 aromatic carbocycles. The number of ether oxygens (including phenoxy) is 1. The molecule has 1 heterocycles. The molecule has 0 bridgehead atoms. The van der Waals surface area contributed by atoms with Gasteiger partial charge >= 0.3 is 5.97 Å². The van der Waals surface area contributed by atoms with Crippen molar-refractivity contribution >= 4 is 35.2 Å². The van der Waals surface area contributed by atoms with Crippen molar-refractivity contribution in [3.8, 4) is 0 Å². The van der Waals surface area contributed by atoms with Crippen LogP contribution < -0.4 is 10.7 Å². The van der Waals surface area contributed by atoms with Crippen LogP contribution in [0.2, 0.25) is 0 Å². The summed E-state index contributed by atoms with van der Waals surface area (Å²) in [5.41, 5.74) is 4.77. The van der Waals surface area contributed by atoms with Gasteiger partial charge in [0, 0.05) is 23.2 Å². The summed E-state index contributed by atoms with van der Waals surface area (Å²) in [6, 6.07) is 13.2.